The molecular weight excluding hydrogens is 323 g/mol. The molecule has 24 heavy (non-hydrogen) atoms. The van der Waals surface area contributed by atoms with Crippen molar-refractivity contribution in [2.75, 3.05) is 0 Å². The summed E-state index contributed by atoms with van der Waals surface area (Å²) in [5.41, 5.74) is 0.543. The molecule has 7 heteroatoms. The zero-order valence-electron chi connectivity index (χ0n) is 12.5. The first-order valence-electron chi connectivity index (χ1n) is 7.13. The number of rotatable bonds is 5. The fraction of sp³-hybridized carbons (Fsp3) is 0.235. The molecule has 1 atom stereocenters. The lowest BCUT2D eigenvalue weighted by molar-refractivity contribution is -0.358. The molecule has 0 aromatic heterocycles. The minimum absolute atomic E-state index is 0.119. The second-order valence-electron chi connectivity index (χ2n) is 5.31. The molecule has 0 bridgehead atoms. The summed E-state index contributed by atoms with van der Waals surface area (Å²) >= 11 is 0. The van der Waals surface area contributed by atoms with Crippen LogP contribution in [-0.2, 0) is 6.42 Å². The van der Waals surface area contributed by atoms with Gasteiger partial charge in [0.2, 0.25) is 0 Å². The monoisotopic (exact) mass is 339 g/mol. The Morgan fingerprint density at radius 1 is 0.958 bits per heavy atom. The van der Waals surface area contributed by atoms with E-state index in [1.807, 2.05) is 0 Å². The summed E-state index contributed by atoms with van der Waals surface area (Å²) < 4.78 is 39.0. The average molecular weight is 339 g/mol. The van der Waals surface area contributed by atoms with E-state index in [4.69, 9.17) is 0 Å². The van der Waals surface area contributed by atoms with E-state index in [9.17, 15) is 28.2 Å². The molecule has 0 spiro atoms. The van der Waals surface area contributed by atoms with Gasteiger partial charge in [-0.15, -0.1) is 0 Å². The van der Waals surface area contributed by atoms with Crippen LogP contribution in [0.2, 0.25) is 0 Å². The highest BCUT2D eigenvalue weighted by atomic mass is 19.4. The Morgan fingerprint density at radius 3 is 1.96 bits per heavy atom. The number of benzene rings is 2. The van der Waals surface area contributed by atoms with Crippen molar-refractivity contribution in [1.82, 2.24) is 5.32 Å². The molecule has 0 aliphatic rings. The molecule has 3 N–H and O–H groups in total. The molecule has 0 aliphatic heterocycles. The maximum atomic E-state index is 13.0. The van der Waals surface area contributed by atoms with E-state index >= 15 is 0 Å². The van der Waals surface area contributed by atoms with Crippen molar-refractivity contribution in [1.29, 1.82) is 0 Å². The van der Waals surface area contributed by atoms with Crippen LogP contribution in [0.25, 0.3) is 0 Å². The van der Waals surface area contributed by atoms with E-state index < -0.39 is 30.3 Å². The number of hydrogen-bond acceptors (Lipinski definition) is 3. The first kappa shape index (κ1) is 18.0. The maximum Gasteiger partial charge on any atom is 0.445 e. The summed E-state index contributed by atoms with van der Waals surface area (Å²) in [6, 6.07) is 13.6. The van der Waals surface area contributed by atoms with E-state index in [0.717, 1.165) is 0 Å². The fourth-order valence-corrected chi connectivity index (χ4v) is 2.17. The molecule has 2 aromatic carbocycles. The van der Waals surface area contributed by atoms with Crippen LogP contribution >= 0.6 is 0 Å². The summed E-state index contributed by atoms with van der Waals surface area (Å²) in [5, 5.41) is 21.2. The lowest BCUT2D eigenvalue weighted by Crippen LogP contribution is -2.61. The molecule has 0 aliphatic carbocycles. The molecule has 0 saturated heterocycles. The third-order valence-electron chi connectivity index (χ3n) is 3.53. The van der Waals surface area contributed by atoms with Gasteiger partial charge in [0, 0.05) is 5.56 Å². The van der Waals surface area contributed by atoms with Gasteiger partial charge in [-0.25, -0.2) is 0 Å². The van der Waals surface area contributed by atoms with Crippen LogP contribution in [0.15, 0.2) is 60.7 Å². The first-order chi connectivity index (χ1) is 11.2. The van der Waals surface area contributed by atoms with Crippen LogP contribution in [0.1, 0.15) is 15.9 Å². The highest BCUT2D eigenvalue weighted by Crippen LogP contribution is 2.32. The molecule has 1 unspecified atom stereocenters. The Balaban J connectivity index is 2.27. The topological polar surface area (TPSA) is 69.6 Å². The summed E-state index contributed by atoms with van der Waals surface area (Å²) in [5.74, 6) is -4.89. The highest BCUT2D eigenvalue weighted by Gasteiger charge is 2.58. The van der Waals surface area contributed by atoms with Gasteiger partial charge in [0.15, 0.2) is 0 Å². The van der Waals surface area contributed by atoms with Gasteiger partial charge in [0.25, 0.3) is 11.7 Å². The summed E-state index contributed by atoms with van der Waals surface area (Å²) in [6.45, 7) is 0. The maximum absolute atomic E-state index is 13.0. The highest BCUT2D eigenvalue weighted by molar-refractivity contribution is 5.94. The third-order valence-corrected chi connectivity index (χ3v) is 3.53. The number of hydrogen-bond donors (Lipinski definition) is 3. The number of halogens is 3. The van der Waals surface area contributed by atoms with E-state index in [2.05, 4.69) is 5.32 Å². The molecule has 0 fully saturated rings. The standard InChI is InChI=1S/C17H16F3NO3/c18-17(19,20)16(23,24)14(11-12-7-3-1-4-8-12)21-15(22)13-9-5-2-6-10-13/h1-10,14,23-24H,11H2,(H,21,22). The lowest BCUT2D eigenvalue weighted by Gasteiger charge is -2.33. The van der Waals surface area contributed by atoms with Gasteiger partial charge in [0.1, 0.15) is 0 Å². The second-order valence-corrected chi connectivity index (χ2v) is 5.31. The molecule has 2 rings (SSSR count). The van der Waals surface area contributed by atoms with Crippen molar-refractivity contribution < 1.29 is 28.2 Å². The Hall–Kier alpha value is -2.38. The van der Waals surface area contributed by atoms with Crippen LogP contribution < -0.4 is 5.32 Å². The lowest BCUT2D eigenvalue weighted by atomic mass is 9.97. The van der Waals surface area contributed by atoms with E-state index in [0.29, 0.717) is 5.56 Å². The summed E-state index contributed by atoms with van der Waals surface area (Å²) in [7, 11) is 0. The normalized spacial score (nSPS) is 13.4. The van der Waals surface area contributed by atoms with E-state index in [1.165, 1.54) is 24.3 Å². The molecule has 0 radical (unpaired) electrons. The van der Waals surface area contributed by atoms with Crippen molar-refractivity contribution in [3.8, 4) is 0 Å². The van der Waals surface area contributed by atoms with Gasteiger partial charge in [-0.1, -0.05) is 48.5 Å². The predicted molar refractivity (Wildman–Crippen MR) is 81.1 cm³/mol. The smallest absolute Gasteiger partial charge is 0.357 e. The molecule has 0 saturated carbocycles. The van der Waals surface area contributed by atoms with Gasteiger partial charge < -0.3 is 15.5 Å². The first-order valence-corrected chi connectivity index (χ1v) is 7.13. The molecule has 1 amide bonds. The molecule has 128 valence electrons. The van der Waals surface area contributed by atoms with Crippen LogP contribution in [0.4, 0.5) is 13.2 Å². The SMILES string of the molecule is O=C(NC(Cc1ccccc1)C(O)(O)C(F)(F)F)c1ccccc1. The van der Waals surface area contributed by atoms with Crippen molar-refractivity contribution in [2.45, 2.75) is 24.4 Å². The van der Waals surface area contributed by atoms with E-state index in [-0.39, 0.29) is 5.56 Å². The Morgan fingerprint density at radius 2 is 1.46 bits per heavy atom. The Kier molecular flexibility index (Phi) is 5.26. The van der Waals surface area contributed by atoms with Crippen molar-refractivity contribution in [3.63, 3.8) is 0 Å². The largest absolute Gasteiger partial charge is 0.445 e. The summed E-state index contributed by atoms with van der Waals surface area (Å²) in [6.07, 6.45) is -5.72. The van der Waals surface area contributed by atoms with Gasteiger partial charge >= 0.3 is 6.18 Å². The third kappa shape index (κ3) is 4.12. The van der Waals surface area contributed by atoms with Crippen LogP contribution in [-0.4, -0.2) is 34.1 Å². The van der Waals surface area contributed by atoms with Crippen LogP contribution in [0, 0.1) is 0 Å². The van der Waals surface area contributed by atoms with Gasteiger partial charge in [-0.3, -0.25) is 4.79 Å². The van der Waals surface area contributed by atoms with Crippen molar-refractivity contribution in [2.24, 2.45) is 0 Å². The number of carbonyl (C=O) groups is 1. The number of carbonyl (C=O) groups excluding carboxylic acids is 1. The fourth-order valence-electron chi connectivity index (χ4n) is 2.17. The molecular formula is C17H16F3NO3. The molecule has 2 aromatic rings. The zero-order chi connectivity index (χ0) is 17.8. The quantitative estimate of drug-likeness (QED) is 0.732. The van der Waals surface area contributed by atoms with E-state index in [1.54, 1.807) is 36.4 Å². The number of aliphatic hydroxyl groups is 2. The minimum Gasteiger partial charge on any atom is -0.357 e. The Bertz CT molecular complexity index is 672. The van der Waals surface area contributed by atoms with Crippen LogP contribution in [0.3, 0.4) is 0 Å². The summed E-state index contributed by atoms with van der Waals surface area (Å²) in [4.78, 5) is 12.1. The zero-order valence-corrected chi connectivity index (χ0v) is 12.5. The number of nitrogens with one attached hydrogen (secondary N) is 1. The number of alkyl halides is 3. The van der Waals surface area contributed by atoms with Crippen molar-refractivity contribution in [3.05, 3.63) is 71.8 Å². The van der Waals surface area contributed by atoms with Gasteiger partial charge in [-0.2, -0.15) is 13.2 Å². The Labute approximate surface area is 136 Å². The molecule has 0 heterocycles. The predicted octanol–water partition coefficient (Wildman–Crippen LogP) is 2.27. The minimum atomic E-state index is -5.32. The second kappa shape index (κ2) is 7.02. The van der Waals surface area contributed by atoms with Gasteiger partial charge in [-0.05, 0) is 24.1 Å². The molecule has 4 nitrogen and oxygen atoms in total. The van der Waals surface area contributed by atoms with Gasteiger partial charge in [0.05, 0.1) is 6.04 Å². The van der Waals surface area contributed by atoms with Crippen LogP contribution in [0.5, 0.6) is 0 Å². The number of amides is 1. The average Bonchev–Trinajstić information content (AvgIpc) is 2.55. The van der Waals surface area contributed by atoms with Crippen molar-refractivity contribution >= 4 is 5.91 Å².